The zero-order chi connectivity index (χ0) is 71.7. The zero-order valence-electron chi connectivity index (χ0n) is 58.0. The number of esters is 2. The Balaban J connectivity index is 1.27. The second kappa shape index (κ2) is 29.8. The van der Waals surface area contributed by atoms with Crippen LogP contribution in [0.1, 0.15) is 132 Å². The minimum Gasteiger partial charge on any atom is -0.458 e. The van der Waals surface area contributed by atoms with Gasteiger partial charge in [0.2, 0.25) is 52.7 Å². The van der Waals surface area contributed by atoms with Crippen LogP contribution in [0, 0.1) is 37.5 Å². The average Bonchev–Trinajstić information content (AvgIpc) is 1.31. The number of likely N-dealkylation sites (N-methyl/N-ethyl adjacent to an activating group) is 4. The first kappa shape index (κ1) is 73.2. The van der Waals surface area contributed by atoms with Crippen molar-refractivity contribution in [2.45, 2.75) is 176 Å². The van der Waals surface area contributed by atoms with Crippen LogP contribution in [-0.2, 0) is 64.0 Å². The molecule has 1 aromatic carbocycles. The monoisotopic (exact) mass is 1350 g/mol. The molecule has 30 nitrogen and oxygen atoms in total. The lowest BCUT2D eigenvalue weighted by Crippen LogP contribution is -2.61. The number of nitrogens with two attached hydrogens (primary N) is 1. The van der Waals surface area contributed by atoms with Crippen molar-refractivity contribution in [2.75, 3.05) is 65.4 Å². The molecule has 8 N–H and O–H groups in total. The van der Waals surface area contributed by atoms with Gasteiger partial charge in [-0.3, -0.25) is 52.7 Å². The van der Waals surface area contributed by atoms with Gasteiger partial charge >= 0.3 is 11.9 Å². The van der Waals surface area contributed by atoms with Crippen molar-refractivity contribution in [1.82, 2.24) is 60.6 Å². The summed E-state index contributed by atoms with van der Waals surface area (Å²) < 4.78 is 18.7. The average molecular weight is 1350 g/mol. The van der Waals surface area contributed by atoms with Crippen LogP contribution in [0.4, 0.5) is 11.4 Å². The number of ether oxygens (including phenoxy) is 2. The van der Waals surface area contributed by atoms with Crippen molar-refractivity contribution < 1.29 is 71.4 Å². The number of rotatable bonds is 11. The molecule has 6 heterocycles. The van der Waals surface area contributed by atoms with Gasteiger partial charge in [-0.2, -0.15) is 0 Å². The van der Waals surface area contributed by atoms with E-state index in [0.717, 1.165) is 9.80 Å². The van der Waals surface area contributed by atoms with E-state index in [-0.39, 0.29) is 66.2 Å². The summed E-state index contributed by atoms with van der Waals surface area (Å²) in [5, 5.41) is 14.1. The molecule has 97 heavy (non-hydrogen) atoms. The summed E-state index contributed by atoms with van der Waals surface area (Å²) >= 11 is 0. The van der Waals surface area contributed by atoms with Crippen LogP contribution in [0.5, 0.6) is 0 Å². The molecule has 0 saturated carbocycles. The molecular formula is C67H92N14O16. The number of amides is 10. The van der Waals surface area contributed by atoms with E-state index in [9.17, 15) is 43.2 Å². The number of anilines is 2. The number of cyclic esters (lactones) is 2. The molecule has 10 atom stereocenters. The highest BCUT2D eigenvalue weighted by molar-refractivity contribution is 6.11. The van der Waals surface area contributed by atoms with Crippen molar-refractivity contribution in [3.63, 3.8) is 0 Å². The largest absolute Gasteiger partial charge is 0.458 e. The number of fused-ring (bicyclic) bond motifs is 4. The van der Waals surface area contributed by atoms with Gasteiger partial charge in [0.25, 0.3) is 11.8 Å². The van der Waals surface area contributed by atoms with Crippen LogP contribution in [0.2, 0.25) is 0 Å². The Hall–Kier alpha value is -9.64. The van der Waals surface area contributed by atoms with E-state index in [1.807, 2.05) is 0 Å². The molecule has 526 valence electrons. The molecule has 2 aromatic rings. The molecule has 1 aliphatic carbocycles. The van der Waals surface area contributed by atoms with Crippen LogP contribution in [-0.4, -0.2) is 225 Å². The van der Waals surface area contributed by atoms with Gasteiger partial charge in [-0.1, -0.05) is 55.4 Å². The second-order valence-electron chi connectivity index (χ2n) is 27.3. The van der Waals surface area contributed by atoms with E-state index in [1.54, 1.807) is 80.6 Å². The number of nitrogens with zero attached hydrogens (tertiary/aromatic N) is 7. The van der Waals surface area contributed by atoms with Gasteiger partial charge < -0.3 is 80.6 Å². The Morgan fingerprint density at radius 2 is 1.11 bits per heavy atom. The molecule has 1 aromatic heterocycles. The van der Waals surface area contributed by atoms with Crippen LogP contribution in [0.15, 0.2) is 33.6 Å². The molecule has 0 radical (unpaired) electrons. The van der Waals surface area contributed by atoms with Crippen LogP contribution in [0.3, 0.4) is 0 Å². The third kappa shape index (κ3) is 15.0. The Morgan fingerprint density at radius 1 is 0.649 bits per heavy atom. The third-order valence-corrected chi connectivity index (χ3v) is 18.8. The molecule has 0 bridgehead atoms. The van der Waals surface area contributed by atoms with E-state index >= 15 is 19.2 Å². The minimum absolute atomic E-state index is 0.119. The number of aromatic nitrogens is 2. The highest BCUT2D eigenvalue weighted by Crippen LogP contribution is 2.38. The number of benzene rings is 2. The highest BCUT2D eigenvalue weighted by Gasteiger charge is 2.47. The van der Waals surface area contributed by atoms with E-state index in [0.29, 0.717) is 24.1 Å². The first-order valence-corrected chi connectivity index (χ1v) is 32.9. The molecular weight excluding hydrogens is 1260 g/mol. The van der Waals surface area contributed by atoms with Crippen molar-refractivity contribution in [3.8, 4) is 11.5 Å². The molecule has 0 unspecified atom stereocenters. The number of carbonyl (C=O) groups excluding carboxylic acids is 12. The number of nitrogen functional groups attached to an aromatic ring is 1. The predicted molar refractivity (Wildman–Crippen MR) is 354 cm³/mol. The number of carbonyl (C=O) groups is 12. The molecule has 10 amide bonds. The summed E-state index contributed by atoms with van der Waals surface area (Å²) in [6.07, 6.45) is -0.0499. The second-order valence-corrected chi connectivity index (χ2v) is 27.3. The molecule has 4 saturated heterocycles. The molecule has 5 aliphatic heterocycles. The Labute approximate surface area is 562 Å². The number of hydrogen-bond donors (Lipinski definition) is 7. The zero-order valence-corrected chi connectivity index (χ0v) is 58.0. The summed E-state index contributed by atoms with van der Waals surface area (Å²) in [6.45, 7) is 18.5. The van der Waals surface area contributed by atoms with E-state index < -0.39 is 191 Å². The molecule has 4 fully saturated rings. The van der Waals surface area contributed by atoms with Crippen molar-refractivity contribution in [1.29, 1.82) is 0 Å². The van der Waals surface area contributed by atoms with Crippen molar-refractivity contribution >= 4 is 93.5 Å². The Kier molecular flexibility index (Phi) is 22.5. The van der Waals surface area contributed by atoms with Gasteiger partial charge in [0.1, 0.15) is 71.8 Å². The fourth-order valence-corrected chi connectivity index (χ4v) is 13.2. The first-order valence-electron chi connectivity index (χ1n) is 32.9. The van der Waals surface area contributed by atoms with Crippen LogP contribution >= 0.6 is 0 Å². The summed E-state index contributed by atoms with van der Waals surface area (Å²) in [6, 6.07) is -5.94. The number of H-pyrrole nitrogens is 1. The lowest BCUT2D eigenvalue weighted by Gasteiger charge is -2.36. The van der Waals surface area contributed by atoms with Gasteiger partial charge in [-0.25, -0.2) is 14.6 Å². The molecule has 8 rings (SSSR count). The third-order valence-electron chi connectivity index (χ3n) is 18.8. The first-order chi connectivity index (χ1) is 45.6. The summed E-state index contributed by atoms with van der Waals surface area (Å²) in [5.74, 6) is -12.6. The number of aromatic amines is 1. The quantitative estimate of drug-likeness (QED) is 0.0638. The lowest BCUT2D eigenvalue weighted by atomic mass is 9.98. The number of nitrogens with one attached hydrogen (secondary N) is 6. The van der Waals surface area contributed by atoms with Gasteiger partial charge in [0.15, 0.2) is 11.3 Å². The fraction of sp³-hybridized carbons (Fsp3) is 0.582. The Bertz CT molecular complexity index is 3790. The summed E-state index contributed by atoms with van der Waals surface area (Å²) in [5.41, 5.74) is 4.39. The van der Waals surface area contributed by atoms with Gasteiger partial charge in [-0.15, -0.1) is 0 Å². The van der Waals surface area contributed by atoms with Crippen LogP contribution in [0.25, 0.3) is 22.6 Å². The number of aryl methyl sites for hydroxylation is 1. The van der Waals surface area contributed by atoms with Gasteiger partial charge in [0, 0.05) is 70.0 Å². The van der Waals surface area contributed by atoms with Crippen molar-refractivity contribution in [3.05, 3.63) is 62.6 Å². The minimum atomic E-state index is -1.91. The highest BCUT2D eigenvalue weighted by atomic mass is 16.6. The van der Waals surface area contributed by atoms with E-state index in [2.05, 4.69) is 31.6 Å². The SMILES string of the molecule is Cc1c2oc3c(C)c(NCc4ccc[nH]4)cc(C(=O)N[C@@H]4C(=O)N[C@H](C(C)C)C(=O)N5CCC[C@H]5C(=O)N(C)CC(=O)N(C)[C@@H](C(C)C)C(=O)O[C@@H]4C)c3nc-2c(C(=O)N[C@@H]2C(=O)N[C@H](C(C)C)C(=O)N3CCC[C@H]3C(=O)N(C)CC(=O)N(C)[C@@H](C(C)C)C(=O)O[C@@H]2C)c(N)c1=O. The fourth-order valence-electron chi connectivity index (χ4n) is 13.2. The smallest absolute Gasteiger partial charge is 0.329 e. The lowest BCUT2D eigenvalue weighted by molar-refractivity contribution is -0.163. The maximum Gasteiger partial charge on any atom is 0.329 e. The molecule has 6 aliphatic rings. The topological polar surface area (TPSA) is 388 Å². The van der Waals surface area contributed by atoms with Gasteiger partial charge in [-0.05, 0) is 95.2 Å². The maximum absolute atomic E-state index is 15.6. The van der Waals surface area contributed by atoms with Crippen LogP contribution < -0.4 is 37.7 Å². The van der Waals surface area contributed by atoms with E-state index in [1.165, 1.54) is 74.6 Å². The molecule has 0 spiro atoms. The van der Waals surface area contributed by atoms with Crippen molar-refractivity contribution in [2.24, 2.45) is 23.7 Å². The number of hydrogen-bond acceptors (Lipinski definition) is 19. The predicted octanol–water partition coefficient (Wildman–Crippen LogP) is 1.67. The standard InChI is InChI=1S/C67H92N14O16/c1-30(2)47-64(91)80-24-18-21-41(80)62(89)76(13)28-43(82)78(15)53(32(5)6)66(93)95-36(11)49(60(87)72-47)74-58(85)39-26-40(70-27-38-20-17-23-69-38)34(9)56-51(39)71-52-45(46(68)55(84)35(10)57(52)97-56)59(86)75-50-37(12)96-67(94)54(33(7)8)79(16)44(83)29-77(14)63(90)42-22-19-25-81(42)65(92)48(31(3)4)73-61(50)88/h17,20,23,26,30-33,36-37,41-42,47-50,53-54,69-70H,18-19,21-22,24-25,27-29,68H2,1-16H3,(H,72,87)(H,73,88)(H,74,85)(H,75,86)/t36-,37-,41+,42+,47-,48-,49+,50+,53+,54+/m1/s1. The maximum atomic E-state index is 15.6. The normalized spacial score (nSPS) is 25.2. The summed E-state index contributed by atoms with van der Waals surface area (Å²) in [7, 11) is 5.59. The van der Waals surface area contributed by atoms with Gasteiger partial charge in [0.05, 0.1) is 36.4 Å². The van der Waals surface area contributed by atoms with E-state index in [4.69, 9.17) is 24.6 Å². The molecule has 30 heteroatoms. The Morgan fingerprint density at radius 3 is 1.55 bits per heavy atom. The summed E-state index contributed by atoms with van der Waals surface area (Å²) in [4.78, 5) is 205.